The Morgan fingerprint density at radius 3 is 1.15 bits per heavy atom. The molecule has 2 aliphatic rings. The summed E-state index contributed by atoms with van der Waals surface area (Å²) < 4.78 is 0. The topological polar surface area (TPSA) is 74.8 Å². The van der Waals surface area contributed by atoms with E-state index in [0.29, 0.717) is 27.9 Å². The number of rotatable bonds is 5. The number of carbonyl (C=O) groups excluding carboxylic acids is 4. The average Bonchev–Trinajstić information content (AvgIpc) is 3.51. The van der Waals surface area contributed by atoms with Crippen molar-refractivity contribution in [2.24, 2.45) is 0 Å². The summed E-state index contributed by atoms with van der Waals surface area (Å²) in [6.07, 6.45) is 0. The van der Waals surface area contributed by atoms with Crippen molar-refractivity contribution < 1.29 is 19.2 Å². The van der Waals surface area contributed by atoms with Crippen LogP contribution in [0.1, 0.15) is 47.0 Å². The first-order chi connectivity index (χ1) is 23.3. The third-order valence-corrected chi connectivity index (χ3v) is 9.26. The lowest BCUT2D eigenvalue weighted by atomic mass is 9.96. The van der Waals surface area contributed by atoms with Gasteiger partial charge in [-0.2, -0.15) is 0 Å². The van der Waals surface area contributed by atoms with Crippen LogP contribution in [0.3, 0.4) is 0 Å². The number of imide groups is 2. The molecule has 0 N–H and O–H groups in total. The van der Waals surface area contributed by atoms with Gasteiger partial charge in [-0.3, -0.25) is 24.1 Å². The molecule has 6 heteroatoms. The second-order valence-corrected chi connectivity index (χ2v) is 12.2. The minimum Gasteiger partial charge on any atom is -0.277 e. The van der Waals surface area contributed by atoms with E-state index in [-0.39, 0.29) is 23.6 Å². The lowest BCUT2D eigenvalue weighted by Gasteiger charge is -2.14. The highest BCUT2D eigenvalue weighted by molar-refractivity contribution is 6.34. The predicted molar refractivity (Wildman–Crippen MR) is 187 cm³/mol. The van der Waals surface area contributed by atoms with E-state index in [9.17, 15) is 19.2 Å². The summed E-state index contributed by atoms with van der Waals surface area (Å²) in [6, 6.07) is 42.6. The third-order valence-electron chi connectivity index (χ3n) is 9.26. The molecule has 0 radical (unpaired) electrons. The Morgan fingerprint density at radius 2 is 0.667 bits per heavy atom. The Hall–Kier alpha value is -6.40. The van der Waals surface area contributed by atoms with Gasteiger partial charge in [0.2, 0.25) is 0 Å². The highest BCUT2D eigenvalue weighted by Gasteiger charge is 2.37. The molecule has 2 aliphatic heterocycles. The fraction of sp³-hybridized carbons (Fsp3) is 0.0476. The van der Waals surface area contributed by atoms with E-state index in [1.54, 1.807) is 24.3 Å². The van der Waals surface area contributed by atoms with Crippen LogP contribution in [0.2, 0.25) is 0 Å². The number of amides is 4. The molecule has 0 unspecified atom stereocenters. The van der Waals surface area contributed by atoms with Gasteiger partial charge in [-0.25, -0.2) is 4.90 Å². The van der Waals surface area contributed by atoms with Gasteiger partial charge < -0.3 is 0 Å². The molecule has 0 spiro atoms. The van der Waals surface area contributed by atoms with E-state index in [1.165, 1.54) is 17.5 Å². The van der Waals surface area contributed by atoms with Crippen LogP contribution in [0.25, 0.3) is 44.5 Å². The molecule has 2 heterocycles. The fourth-order valence-electron chi connectivity index (χ4n) is 6.45. The highest BCUT2D eigenvalue weighted by Crippen LogP contribution is 2.35. The van der Waals surface area contributed by atoms with Crippen molar-refractivity contribution >= 4 is 29.3 Å². The molecular formula is C42H28N2O4. The maximum absolute atomic E-state index is 13.6. The smallest absolute Gasteiger partial charge is 0.266 e. The van der Waals surface area contributed by atoms with Gasteiger partial charge >= 0.3 is 0 Å². The van der Waals surface area contributed by atoms with Crippen LogP contribution < -0.4 is 4.90 Å². The molecule has 0 saturated heterocycles. The molecule has 0 fully saturated rings. The van der Waals surface area contributed by atoms with E-state index in [4.69, 9.17) is 0 Å². The van der Waals surface area contributed by atoms with Crippen LogP contribution in [-0.2, 0) is 0 Å². The molecule has 6 nitrogen and oxygen atoms in total. The molecule has 6 aromatic carbocycles. The standard InChI is InChI=1S/C42H28N2O4/c1-25-3-5-26(6-4-25)27-7-9-28(10-8-27)29-15-19-34(20-16-29)44-41(47)36-22-18-33(24-38(36)42(44)48)31-13-11-30(12-14-31)32-17-21-35-37(23-32)40(46)43(2)39(35)45/h3-24H,1-2H3. The summed E-state index contributed by atoms with van der Waals surface area (Å²) >= 11 is 0. The van der Waals surface area contributed by atoms with E-state index in [0.717, 1.165) is 49.4 Å². The normalized spacial score (nSPS) is 13.7. The van der Waals surface area contributed by atoms with E-state index >= 15 is 0 Å². The van der Waals surface area contributed by atoms with E-state index in [2.05, 4.69) is 55.5 Å². The molecule has 0 aliphatic carbocycles. The van der Waals surface area contributed by atoms with E-state index < -0.39 is 0 Å². The van der Waals surface area contributed by atoms with Crippen LogP contribution in [0.15, 0.2) is 133 Å². The molecule has 0 aromatic heterocycles. The van der Waals surface area contributed by atoms with Gasteiger partial charge in [0.05, 0.1) is 27.9 Å². The molecule has 4 amide bonds. The Labute approximate surface area is 277 Å². The second kappa shape index (κ2) is 11.1. The quantitative estimate of drug-likeness (QED) is 0.180. The van der Waals surface area contributed by atoms with Gasteiger partial charge in [0.25, 0.3) is 23.6 Å². The Kier molecular flexibility index (Phi) is 6.74. The molecule has 0 saturated carbocycles. The number of nitrogens with zero attached hydrogens (tertiary/aromatic N) is 2. The number of hydrogen-bond donors (Lipinski definition) is 0. The number of fused-ring (bicyclic) bond motifs is 2. The van der Waals surface area contributed by atoms with Crippen molar-refractivity contribution in [1.82, 2.24) is 4.90 Å². The lowest BCUT2D eigenvalue weighted by Crippen LogP contribution is -2.29. The first kappa shape index (κ1) is 29.0. The zero-order valence-electron chi connectivity index (χ0n) is 26.2. The molecule has 48 heavy (non-hydrogen) atoms. The molecule has 0 atom stereocenters. The van der Waals surface area contributed by atoms with Gasteiger partial charge in [-0.15, -0.1) is 0 Å². The molecule has 0 bridgehead atoms. The van der Waals surface area contributed by atoms with Gasteiger partial charge in [0, 0.05) is 7.05 Å². The molecular weight excluding hydrogens is 596 g/mol. The molecule has 6 aromatic rings. The van der Waals surface area contributed by atoms with Crippen LogP contribution in [0.4, 0.5) is 5.69 Å². The van der Waals surface area contributed by atoms with Crippen molar-refractivity contribution in [2.45, 2.75) is 6.92 Å². The number of benzene rings is 6. The van der Waals surface area contributed by atoms with Gasteiger partial charge in [0.1, 0.15) is 0 Å². The van der Waals surface area contributed by atoms with Crippen LogP contribution in [0, 0.1) is 6.92 Å². The Morgan fingerprint density at radius 1 is 0.354 bits per heavy atom. The zero-order chi connectivity index (χ0) is 33.1. The Balaban J connectivity index is 1.00. The van der Waals surface area contributed by atoms with Gasteiger partial charge in [-0.05, 0) is 87.8 Å². The first-order valence-corrected chi connectivity index (χ1v) is 15.6. The summed E-state index contributed by atoms with van der Waals surface area (Å²) in [6.45, 7) is 2.07. The largest absolute Gasteiger partial charge is 0.277 e. The number of anilines is 1. The summed E-state index contributed by atoms with van der Waals surface area (Å²) in [4.78, 5) is 54.1. The fourth-order valence-corrected chi connectivity index (χ4v) is 6.45. The number of aryl methyl sites for hydroxylation is 1. The third kappa shape index (κ3) is 4.74. The Bertz CT molecular complexity index is 2300. The van der Waals surface area contributed by atoms with Crippen molar-refractivity contribution in [3.8, 4) is 44.5 Å². The van der Waals surface area contributed by atoms with Crippen LogP contribution in [0.5, 0.6) is 0 Å². The van der Waals surface area contributed by atoms with Crippen molar-refractivity contribution in [2.75, 3.05) is 11.9 Å². The summed E-state index contributed by atoms with van der Waals surface area (Å²) in [5.74, 6) is -1.30. The second-order valence-electron chi connectivity index (χ2n) is 12.2. The lowest BCUT2D eigenvalue weighted by molar-refractivity contribution is 0.0692. The van der Waals surface area contributed by atoms with Crippen molar-refractivity contribution in [3.05, 3.63) is 161 Å². The number of hydrogen-bond acceptors (Lipinski definition) is 4. The van der Waals surface area contributed by atoms with Crippen molar-refractivity contribution in [3.63, 3.8) is 0 Å². The minimum atomic E-state index is -0.356. The summed E-state index contributed by atoms with van der Waals surface area (Å²) in [7, 11) is 1.48. The van der Waals surface area contributed by atoms with Crippen molar-refractivity contribution in [1.29, 1.82) is 0 Å². The first-order valence-electron chi connectivity index (χ1n) is 15.6. The number of carbonyl (C=O) groups is 4. The van der Waals surface area contributed by atoms with Gasteiger partial charge in [0.15, 0.2) is 0 Å². The summed E-state index contributed by atoms with van der Waals surface area (Å²) in [5, 5.41) is 0. The molecule has 8 rings (SSSR count). The predicted octanol–water partition coefficient (Wildman–Crippen LogP) is 8.69. The maximum atomic E-state index is 13.6. The average molecular weight is 625 g/mol. The monoisotopic (exact) mass is 624 g/mol. The maximum Gasteiger partial charge on any atom is 0.266 e. The molecule has 230 valence electrons. The zero-order valence-corrected chi connectivity index (χ0v) is 26.2. The summed E-state index contributed by atoms with van der Waals surface area (Å²) in [5.41, 5.74) is 11.0. The highest BCUT2D eigenvalue weighted by atomic mass is 16.2. The minimum absolute atomic E-state index is 0.294. The van der Waals surface area contributed by atoms with Crippen LogP contribution >= 0.6 is 0 Å². The van der Waals surface area contributed by atoms with E-state index in [1.807, 2.05) is 60.7 Å². The van der Waals surface area contributed by atoms with Crippen LogP contribution in [-0.4, -0.2) is 35.6 Å². The van der Waals surface area contributed by atoms with Gasteiger partial charge in [-0.1, -0.05) is 103 Å². The SMILES string of the molecule is Cc1ccc(-c2ccc(-c3ccc(N4C(=O)c5ccc(-c6ccc(-c7ccc8c(c7)C(=O)N(C)C8=O)cc6)cc5C4=O)cc3)cc2)cc1.